The van der Waals surface area contributed by atoms with E-state index in [1.807, 2.05) is 17.0 Å². The number of hydrogen-bond donors (Lipinski definition) is 0. The molecule has 1 heterocycles. The lowest BCUT2D eigenvalue weighted by atomic mass is 10.6. The monoisotopic (exact) mass is 212 g/mol. The van der Waals surface area contributed by atoms with E-state index in [2.05, 4.69) is 4.99 Å². The van der Waals surface area contributed by atoms with Gasteiger partial charge in [0, 0.05) is 25.2 Å². The summed E-state index contributed by atoms with van der Waals surface area (Å²) in [5.41, 5.74) is 1.12. The van der Waals surface area contributed by atoms with Crippen molar-refractivity contribution in [2.24, 2.45) is 12.0 Å². The Bertz CT molecular complexity index is 276. The first-order chi connectivity index (χ1) is 4.79. The lowest BCUT2D eigenvalue weighted by molar-refractivity contribution is 0.822. The van der Waals surface area contributed by atoms with Gasteiger partial charge >= 0.3 is 0 Å². The van der Waals surface area contributed by atoms with Crippen LogP contribution in [0.15, 0.2) is 10.4 Å². The first kappa shape index (κ1) is 11.0. The third-order valence-corrected chi connectivity index (χ3v) is 2.68. The van der Waals surface area contributed by atoms with E-state index >= 15 is 0 Å². The largest absolute Gasteiger partial charge is 0.323 e. The van der Waals surface area contributed by atoms with Crippen molar-refractivity contribution in [3.63, 3.8) is 0 Å². The van der Waals surface area contributed by atoms with Crippen LogP contribution >= 0.6 is 35.3 Å². The quantitative estimate of drug-likeness (QED) is 0.632. The van der Waals surface area contributed by atoms with Crippen molar-refractivity contribution in [1.29, 1.82) is 0 Å². The summed E-state index contributed by atoms with van der Waals surface area (Å²) in [5, 5.41) is 2.02. The van der Waals surface area contributed by atoms with Crippen LogP contribution in [-0.4, -0.2) is 11.6 Å². The first-order valence-electron chi connectivity index (χ1n) is 2.91. The Morgan fingerprint density at radius 3 is 2.64 bits per heavy atom. The molecule has 0 unspecified atom stereocenters. The van der Waals surface area contributed by atoms with Crippen LogP contribution in [0.2, 0.25) is 0 Å². The molecule has 5 heteroatoms. The van der Waals surface area contributed by atoms with Gasteiger partial charge in [0.15, 0.2) is 4.80 Å². The molecule has 0 radical (unpaired) electrons. The lowest BCUT2D eigenvalue weighted by Gasteiger charge is -1.94. The zero-order valence-corrected chi connectivity index (χ0v) is 8.76. The maximum absolute atomic E-state index is 5.65. The van der Waals surface area contributed by atoms with Crippen molar-refractivity contribution < 1.29 is 0 Å². The average Bonchev–Trinajstić information content (AvgIpc) is 2.30. The lowest BCUT2D eigenvalue weighted by Crippen LogP contribution is -2.11. The molecule has 1 rings (SSSR count). The highest BCUT2D eigenvalue weighted by atomic mass is 35.5. The third-order valence-electron chi connectivity index (χ3n) is 1.35. The molecular formula is C6H10Cl2N2S. The topological polar surface area (TPSA) is 17.3 Å². The molecule has 0 amide bonds. The SMILES string of the molecule is C/N=c1\scc(CCl)n1C.Cl. The van der Waals surface area contributed by atoms with E-state index in [9.17, 15) is 0 Å². The van der Waals surface area contributed by atoms with E-state index in [0.717, 1.165) is 10.5 Å². The van der Waals surface area contributed by atoms with Crippen molar-refractivity contribution in [2.75, 3.05) is 7.05 Å². The highest BCUT2D eigenvalue weighted by Crippen LogP contribution is 2.02. The molecule has 2 nitrogen and oxygen atoms in total. The molecule has 0 aliphatic rings. The van der Waals surface area contributed by atoms with Crippen molar-refractivity contribution in [2.45, 2.75) is 5.88 Å². The van der Waals surface area contributed by atoms with Crippen LogP contribution in [0.4, 0.5) is 0 Å². The first-order valence-corrected chi connectivity index (χ1v) is 4.33. The van der Waals surface area contributed by atoms with Crippen molar-refractivity contribution in [3.8, 4) is 0 Å². The van der Waals surface area contributed by atoms with Gasteiger partial charge in [0.25, 0.3) is 0 Å². The van der Waals surface area contributed by atoms with Crippen LogP contribution < -0.4 is 4.80 Å². The Labute approximate surface area is 80.9 Å². The van der Waals surface area contributed by atoms with Gasteiger partial charge < -0.3 is 4.57 Å². The Balaban J connectivity index is 0.000001000. The molecule has 0 fully saturated rings. The molecule has 0 aromatic carbocycles. The minimum Gasteiger partial charge on any atom is -0.323 e. The minimum atomic E-state index is 0. The van der Waals surface area contributed by atoms with Gasteiger partial charge in [-0.25, -0.2) is 0 Å². The maximum atomic E-state index is 5.65. The zero-order chi connectivity index (χ0) is 7.56. The summed E-state index contributed by atoms with van der Waals surface area (Å²) in [5.74, 6) is 0.558. The molecule has 0 bridgehead atoms. The fraction of sp³-hybridized carbons (Fsp3) is 0.500. The Morgan fingerprint density at radius 1 is 1.73 bits per heavy atom. The van der Waals surface area contributed by atoms with Crippen molar-refractivity contribution in [3.05, 3.63) is 15.9 Å². The van der Waals surface area contributed by atoms with Crippen LogP contribution in [0, 0.1) is 0 Å². The summed E-state index contributed by atoms with van der Waals surface area (Å²) >= 11 is 7.26. The zero-order valence-electron chi connectivity index (χ0n) is 6.37. The number of rotatable bonds is 1. The Morgan fingerprint density at radius 2 is 2.36 bits per heavy atom. The number of alkyl halides is 1. The van der Waals surface area contributed by atoms with Gasteiger partial charge in [0.05, 0.1) is 5.88 Å². The second kappa shape index (κ2) is 4.80. The van der Waals surface area contributed by atoms with E-state index in [1.165, 1.54) is 0 Å². The molecule has 0 aliphatic carbocycles. The number of thiazole rings is 1. The van der Waals surface area contributed by atoms with E-state index in [0.29, 0.717) is 5.88 Å². The molecule has 64 valence electrons. The van der Waals surface area contributed by atoms with Crippen LogP contribution in [0.25, 0.3) is 0 Å². The van der Waals surface area contributed by atoms with Crippen molar-refractivity contribution in [1.82, 2.24) is 4.57 Å². The summed E-state index contributed by atoms with van der Waals surface area (Å²) in [6.07, 6.45) is 0. The predicted molar refractivity (Wildman–Crippen MR) is 51.6 cm³/mol. The molecular weight excluding hydrogens is 203 g/mol. The van der Waals surface area contributed by atoms with Crippen LogP contribution in [-0.2, 0) is 12.9 Å². The van der Waals surface area contributed by atoms with E-state index in [1.54, 1.807) is 18.4 Å². The smallest absolute Gasteiger partial charge is 0.184 e. The van der Waals surface area contributed by atoms with Gasteiger partial charge in [0.2, 0.25) is 0 Å². The highest BCUT2D eigenvalue weighted by molar-refractivity contribution is 7.07. The molecule has 0 N–H and O–H groups in total. The number of nitrogens with zero attached hydrogens (tertiary/aromatic N) is 2. The molecule has 1 aromatic heterocycles. The van der Waals surface area contributed by atoms with Gasteiger partial charge in [-0.3, -0.25) is 4.99 Å². The molecule has 0 aliphatic heterocycles. The van der Waals surface area contributed by atoms with Gasteiger partial charge in [-0.05, 0) is 0 Å². The molecule has 1 aromatic rings. The fourth-order valence-electron chi connectivity index (χ4n) is 0.726. The summed E-state index contributed by atoms with van der Waals surface area (Å²) in [6.45, 7) is 0. The average molecular weight is 213 g/mol. The molecule has 0 saturated carbocycles. The summed E-state index contributed by atoms with van der Waals surface area (Å²) in [4.78, 5) is 5.07. The Hall–Kier alpha value is 0.01000. The van der Waals surface area contributed by atoms with Gasteiger partial charge in [0.1, 0.15) is 0 Å². The summed E-state index contributed by atoms with van der Waals surface area (Å²) in [7, 11) is 3.75. The van der Waals surface area contributed by atoms with E-state index in [-0.39, 0.29) is 12.4 Å². The van der Waals surface area contributed by atoms with Crippen LogP contribution in [0.5, 0.6) is 0 Å². The van der Waals surface area contributed by atoms with E-state index in [4.69, 9.17) is 11.6 Å². The second-order valence-electron chi connectivity index (χ2n) is 1.93. The van der Waals surface area contributed by atoms with Crippen LogP contribution in [0.3, 0.4) is 0 Å². The van der Waals surface area contributed by atoms with Gasteiger partial charge in [-0.15, -0.1) is 35.3 Å². The number of halogens is 2. The van der Waals surface area contributed by atoms with Crippen LogP contribution in [0.1, 0.15) is 5.69 Å². The van der Waals surface area contributed by atoms with E-state index < -0.39 is 0 Å². The van der Waals surface area contributed by atoms with Gasteiger partial charge in [-0.2, -0.15) is 0 Å². The summed E-state index contributed by atoms with van der Waals surface area (Å²) < 4.78 is 2.00. The minimum absolute atomic E-state index is 0. The number of hydrogen-bond acceptors (Lipinski definition) is 2. The second-order valence-corrected chi connectivity index (χ2v) is 3.03. The standard InChI is InChI=1S/C6H9ClN2S.ClH/c1-8-6-9(2)5(3-7)4-10-6;/h4H,3H2,1-2H3;1H/b8-6-;. The third kappa shape index (κ3) is 2.22. The maximum Gasteiger partial charge on any atom is 0.184 e. The Kier molecular flexibility index (Phi) is 4.81. The molecule has 11 heavy (non-hydrogen) atoms. The number of aromatic nitrogens is 1. The van der Waals surface area contributed by atoms with Gasteiger partial charge in [-0.1, -0.05) is 0 Å². The van der Waals surface area contributed by atoms with Crippen molar-refractivity contribution >= 4 is 35.3 Å². The molecule has 0 saturated heterocycles. The molecule has 0 spiro atoms. The predicted octanol–water partition coefficient (Wildman–Crippen LogP) is 1.78. The summed E-state index contributed by atoms with van der Waals surface area (Å²) in [6, 6.07) is 0. The highest BCUT2D eigenvalue weighted by Gasteiger charge is 1.96. The fourth-order valence-corrected chi connectivity index (χ4v) is 1.94. The normalized spacial score (nSPS) is 11.4. The molecule has 0 atom stereocenters.